The van der Waals surface area contributed by atoms with Gasteiger partial charge in [-0.15, -0.1) is 11.3 Å². The molecule has 1 amide bonds. The van der Waals surface area contributed by atoms with E-state index in [-0.39, 0.29) is 18.0 Å². The van der Waals surface area contributed by atoms with Gasteiger partial charge in [-0.25, -0.2) is 0 Å². The first-order chi connectivity index (χ1) is 12.0. The first-order valence-corrected chi connectivity index (χ1v) is 10.1. The second-order valence-corrected chi connectivity index (χ2v) is 8.44. The van der Waals surface area contributed by atoms with Crippen LogP contribution in [-0.2, 0) is 11.2 Å². The summed E-state index contributed by atoms with van der Waals surface area (Å²) in [5.41, 5.74) is 2.57. The van der Waals surface area contributed by atoms with Crippen molar-refractivity contribution in [3.63, 3.8) is 0 Å². The molecule has 0 spiro atoms. The summed E-state index contributed by atoms with van der Waals surface area (Å²) >= 11 is 1.73. The van der Waals surface area contributed by atoms with Crippen molar-refractivity contribution in [2.24, 2.45) is 5.92 Å². The SMILES string of the molecule is CC(C)Cc1ccc([C@@H](N[C@@H](C)C(=O)NC2CC2)c2cccs2)cc1. The molecule has 1 saturated carbocycles. The number of carbonyl (C=O) groups is 1. The number of thiophene rings is 1. The summed E-state index contributed by atoms with van der Waals surface area (Å²) in [7, 11) is 0. The first-order valence-electron chi connectivity index (χ1n) is 9.21. The summed E-state index contributed by atoms with van der Waals surface area (Å²) in [5.74, 6) is 0.753. The van der Waals surface area contributed by atoms with Gasteiger partial charge in [0.15, 0.2) is 0 Å². The van der Waals surface area contributed by atoms with Crippen molar-refractivity contribution < 1.29 is 4.79 Å². The van der Waals surface area contributed by atoms with Gasteiger partial charge in [0.2, 0.25) is 5.91 Å². The predicted molar refractivity (Wildman–Crippen MR) is 105 cm³/mol. The van der Waals surface area contributed by atoms with E-state index in [9.17, 15) is 4.79 Å². The highest BCUT2D eigenvalue weighted by atomic mass is 32.1. The van der Waals surface area contributed by atoms with Gasteiger partial charge in [-0.05, 0) is 54.7 Å². The highest BCUT2D eigenvalue weighted by Crippen LogP contribution is 2.27. The average Bonchev–Trinajstić information content (AvgIpc) is 3.23. The van der Waals surface area contributed by atoms with E-state index in [0.29, 0.717) is 12.0 Å². The molecule has 2 atom stereocenters. The van der Waals surface area contributed by atoms with Gasteiger partial charge in [0.25, 0.3) is 0 Å². The molecular formula is C21H28N2OS. The van der Waals surface area contributed by atoms with Crippen molar-refractivity contribution in [3.05, 3.63) is 57.8 Å². The van der Waals surface area contributed by atoms with Gasteiger partial charge in [-0.1, -0.05) is 44.2 Å². The molecule has 3 nitrogen and oxygen atoms in total. The molecule has 0 aliphatic heterocycles. The van der Waals surface area contributed by atoms with Crippen LogP contribution >= 0.6 is 11.3 Å². The number of benzene rings is 1. The minimum atomic E-state index is -0.219. The molecular weight excluding hydrogens is 328 g/mol. The van der Waals surface area contributed by atoms with Crippen LogP contribution in [0.15, 0.2) is 41.8 Å². The van der Waals surface area contributed by atoms with E-state index in [4.69, 9.17) is 0 Å². The fourth-order valence-electron chi connectivity index (χ4n) is 3.00. The molecule has 1 aromatic carbocycles. The van der Waals surface area contributed by atoms with E-state index >= 15 is 0 Å². The number of nitrogens with one attached hydrogen (secondary N) is 2. The van der Waals surface area contributed by atoms with Crippen LogP contribution in [0.2, 0.25) is 0 Å². The summed E-state index contributed by atoms with van der Waals surface area (Å²) in [5, 5.41) is 8.70. The third kappa shape index (κ3) is 5.16. The molecule has 1 heterocycles. The largest absolute Gasteiger partial charge is 0.352 e. The van der Waals surface area contributed by atoms with Crippen LogP contribution < -0.4 is 10.6 Å². The molecule has 1 aliphatic rings. The van der Waals surface area contributed by atoms with Crippen molar-refractivity contribution in [2.45, 2.75) is 58.2 Å². The molecule has 1 aliphatic carbocycles. The Balaban J connectivity index is 1.74. The molecule has 4 heteroatoms. The predicted octanol–water partition coefficient (Wildman–Crippen LogP) is 4.29. The minimum Gasteiger partial charge on any atom is -0.352 e. The Bertz CT molecular complexity index is 674. The highest BCUT2D eigenvalue weighted by molar-refractivity contribution is 7.10. The van der Waals surface area contributed by atoms with Gasteiger partial charge in [0.05, 0.1) is 12.1 Å². The molecule has 2 N–H and O–H groups in total. The zero-order valence-corrected chi connectivity index (χ0v) is 16.1. The number of amides is 1. The molecule has 134 valence electrons. The van der Waals surface area contributed by atoms with Crippen LogP contribution in [0, 0.1) is 5.92 Å². The lowest BCUT2D eigenvalue weighted by molar-refractivity contribution is -0.123. The average molecular weight is 357 g/mol. The second kappa shape index (κ2) is 8.15. The lowest BCUT2D eigenvalue weighted by Gasteiger charge is -2.23. The van der Waals surface area contributed by atoms with Crippen molar-refractivity contribution in [3.8, 4) is 0 Å². The fourth-order valence-corrected chi connectivity index (χ4v) is 3.81. The number of hydrogen-bond donors (Lipinski definition) is 2. The summed E-state index contributed by atoms with van der Waals surface area (Å²) in [4.78, 5) is 13.6. The van der Waals surface area contributed by atoms with E-state index in [1.54, 1.807) is 11.3 Å². The van der Waals surface area contributed by atoms with Crippen LogP contribution in [0.4, 0.5) is 0 Å². The molecule has 1 aromatic heterocycles. The van der Waals surface area contributed by atoms with E-state index in [1.165, 1.54) is 16.0 Å². The number of carbonyl (C=O) groups excluding carboxylic acids is 1. The second-order valence-electron chi connectivity index (χ2n) is 7.46. The highest BCUT2D eigenvalue weighted by Gasteiger charge is 2.27. The topological polar surface area (TPSA) is 41.1 Å². The van der Waals surface area contributed by atoms with Gasteiger partial charge in [-0.2, -0.15) is 0 Å². The minimum absolute atomic E-state index is 0.0491. The van der Waals surface area contributed by atoms with Gasteiger partial charge < -0.3 is 5.32 Å². The quantitative estimate of drug-likeness (QED) is 0.741. The standard InChI is InChI=1S/C21H28N2OS/c1-14(2)13-16-6-8-17(9-7-16)20(19-5-4-12-25-19)22-15(3)21(24)23-18-10-11-18/h4-9,12,14-15,18,20,22H,10-11,13H2,1-3H3,(H,23,24)/t15-,20+/m0/s1. The summed E-state index contributed by atoms with van der Waals surface area (Å²) in [6.07, 6.45) is 3.33. The molecule has 0 bridgehead atoms. The Morgan fingerprint density at radius 1 is 1.16 bits per heavy atom. The van der Waals surface area contributed by atoms with E-state index in [1.807, 2.05) is 6.92 Å². The maximum absolute atomic E-state index is 12.3. The Morgan fingerprint density at radius 3 is 2.44 bits per heavy atom. The molecule has 0 unspecified atom stereocenters. The number of hydrogen-bond acceptors (Lipinski definition) is 3. The molecule has 0 radical (unpaired) electrons. The normalized spacial score (nSPS) is 16.6. The lowest BCUT2D eigenvalue weighted by Crippen LogP contribution is -2.44. The van der Waals surface area contributed by atoms with Crippen LogP contribution in [0.5, 0.6) is 0 Å². The van der Waals surface area contributed by atoms with Crippen LogP contribution in [0.25, 0.3) is 0 Å². The van der Waals surface area contributed by atoms with Crippen molar-refractivity contribution in [2.75, 3.05) is 0 Å². The van der Waals surface area contributed by atoms with Gasteiger partial charge in [-0.3, -0.25) is 10.1 Å². The third-order valence-corrected chi connectivity index (χ3v) is 5.46. The zero-order valence-electron chi connectivity index (χ0n) is 15.3. The van der Waals surface area contributed by atoms with E-state index in [0.717, 1.165) is 19.3 Å². The Hall–Kier alpha value is -1.65. The Kier molecular flexibility index (Phi) is 5.92. The first kappa shape index (κ1) is 18.2. The summed E-state index contributed by atoms with van der Waals surface area (Å²) < 4.78 is 0. The van der Waals surface area contributed by atoms with E-state index in [2.05, 4.69) is 66.3 Å². The van der Waals surface area contributed by atoms with Gasteiger partial charge in [0.1, 0.15) is 0 Å². The van der Waals surface area contributed by atoms with Crippen LogP contribution in [-0.4, -0.2) is 18.0 Å². The summed E-state index contributed by atoms with van der Waals surface area (Å²) in [6, 6.07) is 13.2. The fraction of sp³-hybridized carbons (Fsp3) is 0.476. The monoisotopic (exact) mass is 356 g/mol. The molecule has 3 rings (SSSR count). The van der Waals surface area contributed by atoms with Gasteiger partial charge in [0, 0.05) is 10.9 Å². The smallest absolute Gasteiger partial charge is 0.237 e. The Labute approximate surface area is 154 Å². The summed E-state index contributed by atoms with van der Waals surface area (Å²) in [6.45, 7) is 6.43. The molecule has 1 fully saturated rings. The van der Waals surface area contributed by atoms with Crippen LogP contribution in [0.1, 0.15) is 55.7 Å². The van der Waals surface area contributed by atoms with Crippen molar-refractivity contribution in [1.82, 2.24) is 10.6 Å². The van der Waals surface area contributed by atoms with Crippen molar-refractivity contribution in [1.29, 1.82) is 0 Å². The van der Waals surface area contributed by atoms with Crippen LogP contribution in [0.3, 0.4) is 0 Å². The lowest BCUT2D eigenvalue weighted by atomic mass is 9.98. The Morgan fingerprint density at radius 2 is 1.88 bits per heavy atom. The van der Waals surface area contributed by atoms with Crippen molar-refractivity contribution >= 4 is 17.2 Å². The number of rotatable bonds is 8. The maximum Gasteiger partial charge on any atom is 0.237 e. The maximum atomic E-state index is 12.3. The van der Waals surface area contributed by atoms with Gasteiger partial charge >= 0.3 is 0 Å². The molecule has 0 saturated heterocycles. The molecule has 2 aromatic rings. The third-order valence-electron chi connectivity index (χ3n) is 4.52. The zero-order chi connectivity index (χ0) is 17.8. The van der Waals surface area contributed by atoms with E-state index < -0.39 is 0 Å². The molecule has 25 heavy (non-hydrogen) atoms.